The number of hydrogen-bond acceptors (Lipinski definition) is 2. The highest BCUT2D eigenvalue weighted by molar-refractivity contribution is 5.64. The maximum Gasteiger partial charge on any atom is 0.404 e. The van der Waals surface area contributed by atoms with Crippen LogP contribution in [0.2, 0.25) is 0 Å². The summed E-state index contributed by atoms with van der Waals surface area (Å²) in [5.74, 6) is 0.382. The zero-order chi connectivity index (χ0) is 9.68. The highest BCUT2D eigenvalue weighted by Gasteiger charge is 2.17. The molecule has 0 spiro atoms. The van der Waals surface area contributed by atoms with E-state index in [1.807, 2.05) is 0 Å². The summed E-state index contributed by atoms with van der Waals surface area (Å²) in [7, 11) is 0. The Hall–Kier alpha value is -1.26. The minimum atomic E-state index is -0.974. The molecule has 0 saturated carbocycles. The summed E-state index contributed by atoms with van der Waals surface area (Å²) in [4.78, 5) is 22.3. The molecule has 0 aromatic rings. The van der Waals surface area contributed by atoms with Gasteiger partial charge in [0.2, 0.25) is 6.41 Å². The largest absolute Gasteiger partial charge is 0.465 e. The van der Waals surface area contributed by atoms with Crippen molar-refractivity contribution in [1.82, 2.24) is 10.2 Å². The first-order valence-electron chi connectivity index (χ1n) is 4.38. The summed E-state index contributed by atoms with van der Waals surface area (Å²) in [5.41, 5.74) is 0. The SMILES string of the molecule is O=CN1CCC(CNC(=O)O)CC1. The van der Waals surface area contributed by atoms with Crippen LogP contribution < -0.4 is 5.32 Å². The summed E-state index contributed by atoms with van der Waals surface area (Å²) in [5, 5.41) is 10.7. The normalized spacial score (nSPS) is 18.3. The van der Waals surface area contributed by atoms with Crippen LogP contribution >= 0.6 is 0 Å². The molecule has 0 bridgehead atoms. The molecular formula is C8H14N2O3. The van der Waals surface area contributed by atoms with Crippen LogP contribution in [0.4, 0.5) is 4.79 Å². The molecule has 5 heteroatoms. The summed E-state index contributed by atoms with van der Waals surface area (Å²) in [6.45, 7) is 1.99. The maximum atomic E-state index is 10.3. The predicted octanol–water partition coefficient (Wildman–Crippen LogP) is 0.122. The van der Waals surface area contributed by atoms with Crippen molar-refractivity contribution < 1.29 is 14.7 Å². The number of carbonyl (C=O) groups excluding carboxylic acids is 1. The second-order valence-corrected chi connectivity index (χ2v) is 3.27. The fourth-order valence-corrected chi connectivity index (χ4v) is 1.49. The van der Waals surface area contributed by atoms with Gasteiger partial charge in [-0.15, -0.1) is 0 Å². The van der Waals surface area contributed by atoms with Crippen LogP contribution in [0.5, 0.6) is 0 Å². The average molecular weight is 186 g/mol. The standard InChI is InChI=1S/C8H14N2O3/c11-6-10-3-1-7(2-4-10)5-9-8(12)13/h6-7,9H,1-5H2,(H,12,13). The molecule has 0 aliphatic carbocycles. The van der Waals surface area contributed by atoms with Gasteiger partial charge in [0.15, 0.2) is 0 Å². The zero-order valence-electron chi connectivity index (χ0n) is 7.40. The number of carboxylic acid groups (broad SMARTS) is 1. The molecule has 1 aliphatic heterocycles. The number of likely N-dealkylation sites (tertiary alicyclic amines) is 1. The van der Waals surface area contributed by atoms with Gasteiger partial charge < -0.3 is 15.3 Å². The van der Waals surface area contributed by atoms with Gasteiger partial charge in [-0.25, -0.2) is 4.79 Å². The fraction of sp³-hybridized carbons (Fsp3) is 0.750. The van der Waals surface area contributed by atoms with Crippen molar-refractivity contribution in [3.63, 3.8) is 0 Å². The van der Waals surface area contributed by atoms with Gasteiger partial charge in [-0.2, -0.15) is 0 Å². The monoisotopic (exact) mass is 186 g/mol. The van der Waals surface area contributed by atoms with E-state index in [2.05, 4.69) is 5.32 Å². The zero-order valence-corrected chi connectivity index (χ0v) is 7.40. The van der Waals surface area contributed by atoms with Gasteiger partial charge in [0, 0.05) is 19.6 Å². The highest BCUT2D eigenvalue weighted by atomic mass is 16.4. The van der Waals surface area contributed by atoms with E-state index < -0.39 is 6.09 Å². The van der Waals surface area contributed by atoms with Gasteiger partial charge >= 0.3 is 6.09 Å². The van der Waals surface area contributed by atoms with Crippen molar-refractivity contribution in [1.29, 1.82) is 0 Å². The minimum Gasteiger partial charge on any atom is -0.465 e. The second kappa shape index (κ2) is 4.69. The van der Waals surface area contributed by atoms with Crippen LogP contribution in [-0.4, -0.2) is 42.1 Å². The number of rotatable bonds is 3. The van der Waals surface area contributed by atoms with Gasteiger partial charge in [0.1, 0.15) is 0 Å². The molecule has 0 aromatic heterocycles. The van der Waals surface area contributed by atoms with Gasteiger partial charge in [0.25, 0.3) is 0 Å². The molecule has 1 saturated heterocycles. The first kappa shape index (κ1) is 9.83. The van der Waals surface area contributed by atoms with E-state index in [0.717, 1.165) is 32.3 Å². The molecular weight excluding hydrogens is 172 g/mol. The molecule has 2 amide bonds. The molecule has 0 atom stereocenters. The highest BCUT2D eigenvalue weighted by Crippen LogP contribution is 2.14. The lowest BCUT2D eigenvalue weighted by atomic mass is 9.97. The maximum absolute atomic E-state index is 10.3. The van der Waals surface area contributed by atoms with Crippen molar-refractivity contribution in [2.24, 2.45) is 5.92 Å². The van der Waals surface area contributed by atoms with Gasteiger partial charge in [-0.1, -0.05) is 0 Å². The summed E-state index contributed by atoms with van der Waals surface area (Å²) < 4.78 is 0. The second-order valence-electron chi connectivity index (χ2n) is 3.27. The molecule has 1 rings (SSSR count). The molecule has 0 radical (unpaired) electrons. The van der Waals surface area contributed by atoms with Crippen molar-refractivity contribution in [2.45, 2.75) is 12.8 Å². The van der Waals surface area contributed by atoms with Gasteiger partial charge in [-0.05, 0) is 18.8 Å². The van der Waals surface area contributed by atoms with E-state index in [1.54, 1.807) is 4.90 Å². The first-order valence-corrected chi connectivity index (χ1v) is 4.38. The Morgan fingerprint density at radius 2 is 2.15 bits per heavy atom. The number of carbonyl (C=O) groups is 2. The van der Waals surface area contributed by atoms with Crippen LogP contribution in [0.15, 0.2) is 0 Å². The van der Waals surface area contributed by atoms with Crippen molar-refractivity contribution in [2.75, 3.05) is 19.6 Å². The third-order valence-corrected chi connectivity index (χ3v) is 2.34. The Balaban J connectivity index is 2.17. The number of amides is 2. The first-order chi connectivity index (χ1) is 6.22. The van der Waals surface area contributed by atoms with Crippen molar-refractivity contribution in [3.05, 3.63) is 0 Å². The molecule has 5 nitrogen and oxygen atoms in total. The van der Waals surface area contributed by atoms with E-state index in [0.29, 0.717) is 12.5 Å². The van der Waals surface area contributed by atoms with E-state index in [4.69, 9.17) is 5.11 Å². The lowest BCUT2D eigenvalue weighted by Gasteiger charge is -2.28. The lowest BCUT2D eigenvalue weighted by Crippen LogP contribution is -2.37. The Bertz CT molecular complexity index is 188. The van der Waals surface area contributed by atoms with Crippen LogP contribution in [0.25, 0.3) is 0 Å². The predicted molar refractivity (Wildman–Crippen MR) is 46.4 cm³/mol. The number of nitrogens with one attached hydrogen (secondary N) is 1. The summed E-state index contributed by atoms with van der Waals surface area (Å²) >= 11 is 0. The van der Waals surface area contributed by atoms with Gasteiger partial charge in [0.05, 0.1) is 0 Å². The Kier molecular flexibility index (Phi) is 3.54. The van der Waals surface area contributed by atoms with Crippen LogP contribution in [0.1, 0.15) is 12.8 Å². The van der Waals surface area contributed by atoms with E-state index in [1.165, 1.54) is 0 Å². The molecule has 2 N–H and O–H groups in total. The quantitative estimate of drug-likeness (QED) is 0.615. The van der Waals surface area contributed by atoms with E-state index >= 15 is 0 Å². The Labute approximate surface area is 76.7 Å². The molecule has 1 fully saturated rings. The van der Waals surface area contributed by atoms with Crippen molar-refractivity contribution >= 4 is 12.5 Å². The van der Waals surface area contributed by atoms with Crippen molar-refractivity contribution in [3.8, 4) is 0 Å². The van der Waals surface area contributed by atoms with E-state index in [-0.39, 0.29) is 0 Å². The third kappa shape index (κ3) is 3.31. The summed E-state index contributed by atoms with van der Waals surface area (Å²) in [6.07, 6.45) is 1.65. The van der Waals surface area contributed by atoms with Crippen LogP contribution in [0.3, 0.4) is 0 Å². The fourth-order valence-electron chi connectivity index (χ4n) is 1.49. The smallest absolute Gasteiger partial charge is 0.404 e. The Morgan fingerprint density at radius 1 is 1.54 bits per heavy atom. The topological polar surface area (TPSA) is 69.6 Å². The molecule has 1 heterocycles. The lowest BCUT2D eigenvalue weighted by molar-refractivity contribution is -0.119. The average Bonchev–Trinajstić information content (AvgIpc) is 2.15. The Morgan fingerprint density at radius 3 is 2.62 bits per heavy atom. The molecule has 1 aliphatic rings. The molecule has 74 valence electrons. The number of piperidine rings is 1. The molecule has 0 unspecified atom stereocenters. The minimum absolute atomic E-state index is 0.382. The number of hydrogen-bond donors (Lipinski definition) is 2. The third-order valence-electron chi connectivity index (χ3n) is 2.34. The number of nitrogens with zero attached hydrogens (tertiary/aromatic N) is 1. The summed E-state index contributed by atoms with van der Waals surface area (Å²) in [6, 6.07) is 0. The van der Waals surface area contributed by atoms with E-state index in [9.17, 15) is 9.59 Å². The van der Waals surface area contributed by atoms with Crippen LogP contribution in [-0.2, 0) is 4.79 Å². The van der Waals surface area contributed by atoms with Gasteiger partial charge in [-0.3, -0.25) is 4.79 Å². The molecule has 0 aromatic carbocycles. The van der Waals surface area contributed by atoms with Crippen LogP contribution in [0, 0.1) is 5.92 Å². The molecule has 13 heavy (non-hydrogen) atoms.